The van der Waals surface area contributed by atoms with Crippen LogP contribution in [0.2, 0.25) is 0 Å². The molecule has 6 heteroatoms. The highest BCUT2D eigenvalue weighted by molar-refractivity contribution is 6.13. The van der Waals surface area contributed by atoms with Crippen LogP contribution in [-0.2, 0) is 0 Å². The Balaban J connectivity index is 2.12. The first-order valence-corrected chi connectivity index (χ1v) is 6.58. The summed E-state index contributed by atoms with van der Waals surface area (Å²) in [6.45, 7) is -0.236. The lowest BCUT2D eigenvalue weighted by Gasteiger charge is -2.29. The standard InChI is InChI=1S/C16H11F2NO3/c17-10-6-4-9(5-7-10)12-8-19(18)13-3-1-2-11(16(21)22)14(13)15(12)20/h1-7,12H,8H2,(H,21,22). The summed E-state index contributed by atoms with van der Waals surface area (Å²) in [6, 6.07) is 9.19. The van der Waals surface area contributed by atoms with E-state index in [1.54, 1.807) is 0 Å². The third-order valence-corrected chi connectivity index (χ3v) is 3.71. The van der Waals surface area contributed by atoms with Crippen LogP contribution < -0.4 is 5.12 Å². The third kappa shape index (κ3) is 2.22. The van der Waals surface area contributed by atoms with Crippen molar-refractivity contribution in [1.29, 1.82) is 0 Å². The van der Waals surface area contributed by atoms with Crippen LogP contribution in [0.1, 0.15) is 32.2 Å². The molecule has 0 aliphatic carbocycles. The van der Waals surface area contributed by atoms with Gasteiger partial charge in [0.15, 0.2) is 5.78 Å². The van der Waals surface area contributed by atoms with Gasteiger partial charge in [0.05, 0.1) is 29.3 Å². The summed E-state index contributed by atoms with van der Waals surface area (Å²) in [6.07, 6.45) is 0. The van der Waals surface area contributed by atoms with Gasteiger partial charge in [-0.05, 0) is 29.8 Å². The molecule has 3 rings (SSSR count). The topological polar surface area (TPSA) is 57.6 Å². The number of ketones is 1. The summed E-state index contributed by atoms with van der Waals surface area (Å²) in [7, 11) is 0. The van der Waals surface area contributed by atoms with Crippen LogP contribution in [0, 0.1) is 5.82 Å². The highest BCUT2D eigenvalue weighted by Crippen LogP contribution is 2.36. The monoisotopic (exact) mass is 303 g/mol. The molecule has 1 aliphatic rings. The average Bonchev–Trinajstić information content (AvgIpc) is 2.51. The van der Waals surface area contributed by atoms with Gasteiger partial charge in [-0.3, -0.25) is 4.79 Å². The minimum Gasteiger partial charge on any atom is -0.478 e. The molecule has 0 radical (unpaired) electrons. The van der Waals surface area contributed by atoms with Crippen LogP contribution in [-0.4, -0.2) is 23.4 Å². The largest absolute Gasteiger partial charge is 0.478 e. The summed E-state index contributed by atoms with van der Waals surface area (Å²) in [4.78, 5) is 23.9. The first-order valence-electron chi connectivity index (χ1n) is 6.58. The molecule has 1 aliphatic heterocycles. The number of carbonyl (C=O) groups is 2. The number of carboxylic acids is 1. The second kappa shape index (κ2) is 5.22. The minimum atomic E-state index is -1.29. The predicted octanol–water partition coefficient (Wildman–Crippen LogP) is 3.19. The van der Waals surface area contributed by atoms with Gasteiger partial charge in [-0.15, -0.1) is 0 Å². The van der Waals surface area contributed by atoms with Crippen molar-refractivity contribution >= 4 is 17.4 Å². The quantitative estimate of drug-likeness (QED) is 0.866. The molecule has 112 valence electrons. The van der Waals surface area contributed by atoms with Crippen molar-refractivity contribution in [2.75, 3.05) is 11.7 Å². The Bertz CT molecular complexity index is 758. The molecule has 0 fully saturated rings. The molecule has 0 aromatic heterocycles. The van der Waals surface area contributed by atoms with Crippen LogP contribution in [0.15, 0.2) is 42.5 Å². The van der Waals surface area contributed by atoms with Gasteiger partial charge in [0.2, 0.25) is 0 Å². The number of fused-ring (bicyclic) bond motifs is 1. The number of hydrogen-bond donors (Lipinski definition) is 1. The fourth-order valence-corrected chi connectivity index (χ4v) is 2.65. The van der Waals surface area contributed by atoms with Crippen molar-refractivity contribution in [3.8, 4) is 0 Å². The zero-order valence-electron chi connectivity index (χ0n) is 11.3. The molecule has 1 unspecified atom stereocenters. The molecule has 0 bridgehead atoms. The first-order chi connectivity index (χ1) is 10.5. The van der Waals surface area contributed by atoms with E-state index in [0.29, 0.717) is 10.7 Å². The third-order valence-electron chi connectivity index (χ3n) is 3.71. The van der Waals surface area contributed by atoms with E-state index in [9.17, 15) is 23.6 Å². The Labute approximate surface area is 124 Å². The molecule has 0 saturated carbocycles. The summed E-state index contributed by atoms with van der Waals surface area (Å²) in [5, 5.41) is 9.55. The smallest absolute Gasteiger partial charge is 0.336 e. The Morgan fingerprint density at radius 3 is 2.50 bits per heavy atom. The van der Waals surface area contributed by atoms with E-state index in [1.807, 2.05) is 0 Å². The van der Waals surface area contributed by atoms with Gasteiger partial charge in [-0.25, -0.2) is 14.3 Å². The predicted molar refractivity (Wildman–Crippen MR) is 75.3 cm³/mol. The summed E-state index contributed by atoms with van der Waals surface area (Å²) in [5.74, 6) is -3.11. The highest BCUT2D eigenvalue weighted by atomic mass is 19.2. The first kappa shape index (κ1) is 14.2. The lowest BCUT2D eigenvalue weighted by Crippen LogP contribution is -2.34. The van der Waals surface area contributed by atoms with E-state index in [-0.39, 0.29) is 23.4 Å². The van der Waals surface area contributed by atoms with Crippen molar-refractivity contribution in [2.45, 2.75) is 5.92 Å². The fraction of sp³-hybridized carbons (Fsp3) is 0.125. The fourth-order valence-electron chi connectivity index (χ4n) is 2.65. The molecule has 22 heavy (non-hydrogen) atoms. The number of halogens is 2. The lowest BCUT2D eigenvalue weighted by atomic mass is 9.84. The van der Waals surface area contributed by atoms with Crippen LogP contribution in [0.4, 0.5) is 14.6 Å². The zero-order chi connectivity index (χ0) is 15.9. The maximum Gasteiger partial charge on any atom is 0.336 e. The SMILES string of the molecule is O=C(O)c1cccc2c1C(=O)C(c1ccc(F)cc1)CN2F. The number of hydrogen-bond acceptors (Lipinski definition) is 3. The summed E-state index contributed by atoms with van der Waals surface area (Å²) >= 11 is 0. The van der Waals surface area contributed by atoms with Gasteiger partial charge >= 0.3 is 5.97 Å². The number of benzene rings is 2. The van der Waals surface area contributed by atoms with Gasteiger partial charge in [0.1, 0.15) is 5.82 Å². The molecule has 1 atom stereocenters. The van der Waals surface area contributed by atoms with Crippen molar-refractivity contribution in [3.05, 3.63) is 65.0 Å². The van der Waals surface area contributed by atoms with E-state index >= 15 is 0 Å². The Morgan fingerprint density at radius 2 is 1.86 bits per heavy atom. The number of carbonyl (C=O) groups excluding carboxylic acids is 1. The van der Waals surface area contributed by atoms with Gasteiger partial charge in [-0.1, -0.05) is 22.7 Å². The second-order valence-electron chi connectivity index (χ2n) is 5.02. The molecule has 2 aromatic rings. The van der Waals surface area contributed by atoms with E-state index < -0.39 is 23.5 Å². The molecular weight excluding hydrogens is 292 g/mol. The Kier molecular flexibility index (Phi) is 3.36. The van der Waals surface area contributed by atoms with Crippen molar-refractivity contribution < 1.29 is 23.6 Å². The van der Waals surface area contributed by atoms with Crippen LogP contribution >= 0.6 is 0 Å². The number of aromatic carboxylic acids is 1. The average molecular weight is 303 g/mol. The Hall–Kier alpha value is -2.76. The lowest BCUT2D eigenvalue weighted by molar-refractivity contribution is 0.0690. The molecule has 1 heterocycles. The molecule has 4 nitrogen and oxygen atoms in total. The van der Waals surface area contributed by atoms with Crippen LogP contribution in [0.25, 0.3) is 0 Å². The minimum absolute atomic E-state index is 0.0525. The van der Waals surface area contributed by atoms with Gasteiger partial charge in [-0.2, -0.15) is 0 Å². The highest BCUT2D eigenvalue weighted by Gasteiger charge is 2.36. The van der Waals surface area contributed by atoms with Crippen molar-refractivity contribution in [3.63, 3.8) is 0 Å². The number of carboxylic acid groups (broad SMARTS) is 1. The van der Waals surface area contributed by atoms with Crippen molar-refractivity contribution in [2.24, 2.45) is 0 Å². The Morgan fingerprint density at radius 1 is 1.18 bits per heavy atom. The second-order valence-corrected chi connectivity index (χ2v) is 5.02. The van der Waals surface area contributed by atoms with E-state index in [1.165, 1.54) is 42.5 Å². The summed E-state index contributed by atoms with van der Waals surface area (Å²) < 4.78 is 27.2. The molecular formula is C16H11F2NO3. The number of rotatable bonds is 2. The van der Waals surface area contributed by atoms with E-state index in [0.717, 1.165) is 0 Å². The van der Waals surface area contributed by atoms with E-state index in [4.69, 9.17) is 0 Å². The number of Topliss-reactive ketones (excluding diaryl/α,β-unsaturated/α-hetero) is 1. The van der Waals surface area contributed by atoms with E-state index in [2.05, 4.69) is 0 Å². The number of anilines is 1. The molecule has 2 aromatic carbocycles. The van der Waals surface area contributed by atoms with Gasteiger partial charge in [0.25, 0.3) is 0 Å². The zero-order valence-corrected chi connectivity index (χ0v) is 11.3. The van der Waals surface area contributed by atoms with Crippen LogP contribution in [0.5, 0.6) is 0 Å². The van der Waals surface area contributed by atoms with Crippen molar-refractivity contribution in [1.82, 2.24) is 0 Å². The maximum absolute atomic E-state index is 14.2. The molecule has 0 saturated heterocycles. The molecule has 0 spiro atoms. The van der Waals surface area contributed by atoms with Gasteiger partial charge in [0, 0.05) is 0 Å². The van der Waals surface area contributed by atoms with Gasteiger partial charge < -0.3 is 5.11 Å². The summed E-state index contributed by atoms with van der Waals surface area (Å²) in [5.41, 5.74) is -0.00168. The number of nitrogens with zero attached hydrogens (tertiary/aromatic N) is 1. The maximum atomic E-state index is 14.2. The molecule has 1 N–H and O–H groups in total. The normalized spacial score (nSPS) is 17.3. The molecule has 0 amide bonds. The van der Waals surface area contributed by atoms with Crippen LogP contribution in [0.3, 0.4) is 0 Å².